The first kappa shape index (κ1) is 25.5. The van der Waals surface area contributed by atoms with Crippen LogP contribution in [0.3, 0.4) is 0 Å². The van der Waals surface area contributed by atoms with Gasteiger partial charge in [-0.25, -0.2) is 4.79 Å². The Morgan fingerprint density at radius 2 is 1.48 bits per heavy atom. The van der Waals surface area contributed by atoms with E-state index in [1.807, 2.05) is 0 Å². The van der Waals surface area contributed by atoms with Crippen molar-refractivity contribution in [3.63, 3.8) is 0 Å². The SMILES string of the molecule is CSCCC(NC(=O)C(CO)NC(=O)C(N)CO)C(=O)NC(CS)C(=O)O. The number of rotatable bonds is 13. The van der Waals surface area contributed by atoms with E-state index >= 15 is 0 Å². The fourth-order valence-electron chi connectivity index (χ4n) is 1.79. The Bertz CT molecular complexity index is 524. The highest BCUT2D eigenvalue weighted by Gasteiger charge is 2.29. The molecule has 27 heavy (non-hydrogen) atoms. The molecule has 0 rings (SSSR count). The average molecular weight is 427 g/mol. The van der Waals surface area contributed by atoms with Gasteiger partial charge in [-0.1, -0.05) is 0 Å². The lowest BCUT2D eigenvalue weighted by molar-refractivity contribution is -0.141. The summed E-state index contributed by atoms with van der Waals surface area (Å²) in [5.74, 6) is -3.35. The van der Waals surface area contributed by atoms with Crippen molar-refractivity contribution in [3.8, 4) is 0 Å². The van der Waals surface area contributed by atoms with Gasteiger partial charge in [0.1, 0.15) is 24.2 Å². The first-order valence-corrected chi connectivity index (χ1v) is 9.95. The monoisotopic (exact) mass is 426 g/mol. The lowest BCUT2D eigenvalue weighted by Crippen LogP contribution is -2.58. The summed E-state index contributed by atoms with van der Waals surface area (Å²) < 4.78 is 0. The highest BCUT2D eigenvalue weighted by molar-refractivity contribution is 7.98. The van der Waals surface area contributed by atoms with Gasteiger partial charge in [0.2, 0.25) is 17.7 Å². The maximum Gasteiger partial charge on any atom is 0.327 e. The Labute approximate surface area is 166 Å². The average Bonchev–Trinajstić information content (AvgIpc) is 2.65. The van der Waals surface area contributed by atoms with Crippen LogP contribution in [0.1, 0.15) is 6.42 Å². The molecule has 0 heterocycles. The molecular formula is C14H26N4O7S2. The number of carboxylic acids is 1. The van der Waals surface area contributed by atoms with E-state index in [0.29, 0.717) is 5.75 Å². The topological polar surface area (TPSA) is 191 Å². The van der Waals surface area contributed by atoms with Crippen molar-refractivity contribution in [2.75, 3.05) is 31.0 Å². The summed E-state index contributed by atoms with van der Waals surface area (Å²) in [5, 5.41) is 33.9. The Morgan fingerprint density at radius 3 is 1.93 bits per heavy atom. The van der Waals surface area contributed by atoms with Crippen molar-refractivity contribution in [2.45, 2.75) is 30.6 Å². The van der Waals surface area contributed by atoms with E-state index in [-0.39, 0.29) is 12.2 Å². The van der Waals surface area contributed by atoms with Crippen LogP contribution in [0, 0.1) is 0 Å². The first-order chi connectivity index (χ1) is 12.7. The molecule has 0 aromatic rings. The molecule has 0 aliphatic rings. The maximum absolute atomic E-state index is 12.3. The van der Waals surface area contributed by atoms with Crippen LogP contribution in [0.25, 0.3) is 0 Å². The van der Waals surface area contributed by atoms with Gasteiger partial charge in [0, 0.05) is 5.75 Å². The van der Waals surface area contributed by atoms with Gasteiger partial charge in [-0.05, 0) is 18.4 Å². The molecule has 0 aromatic carbocycles. The van der Waals surface area contributed by atoms with Gasteiger partial charge in [-0.3, -0.25) is 14.4 Å². The molecule has 156 valence electrons. The number of hydrogen-bond acceptors (Lipinski definition) is 9. The van der Waals surface area contributed by atoms with Crippen molar-refractivity contribution < 1.29 is 34.5 Å². The number of aliphatic hydroxyl groups is 2. The zero-order valence-electron chi connectivity index (χ0n) is 14.8. The molecule has 0 saturated carbocycles. The van der Waals surface area contributed by atoms with E-state index in [4.69, 9.17) is 15.9 Å². The summed E-state index contributed by atoms with van der Waals surface area (Å²) >= 11 is 5.26. The third kappa shape index (κ3) is 9.28. The van der Waals surface area contributed by atoms with Gasteiger partial charge < -0.3 is 37.0 Å². The Kier molecular flexibility index (Phi) is 12.8. The van der Waals surface area contributed by atoms with E-state index in [9.17, 15) is 24.3 Å². The van der Waals surface area contributed by atoms with Crippen LogP contribution in [-0.2, 0) is 19.2 Å². The zero-order valence-corrected chi connectivity index (χ0v) is 16.5. The number of nitrogens with two attached hydrogens (primary N) is 1. The molecule has 4 atom stereocenters. The van der Waals surface area contributed by atoms with Crippen LogP contribution in [0.2, 0.25) is 0 Å². The molecular weight excluding hydrogens is 400 g/mol. The van der Waals surface area contributed by atoms with E-state index in [1.54, 1.807) is 6.26 Å². The molecule has 11 nitrogen and oxygen atoms in total. The molecule has 0 aliphatic carbocycles. The lowest BCUT2D eigenvalue weighted by atomic mass is 10.1. The number of carboxylic acid groups (broad SMARTS) is 1. The molecule has 3 amide bonds. The molecule has 0 aliphatic heterocycles. The third-order valence-electron chi connectivity index (χ3n) is 3.39. The van der Waals surface area contributed by atoms with Gasteiger partial charge in [0.05, 0.1) is 13.2 Å². The summed E-state index contributed by atoms with van der Waals surface area (Å²) in [5.41, 5.74) is 5.33. The van der Waals surface area contributed by atoms with Gasteiger partial charge >= 0.3 is 5.97 Å². The van der Waals surface area contributed by atoms with E-state index in [1.165, 1.54) is 11.8 Å². The third-order valence-corrected chi connectivity index (χ3v) is 4.40. The summed E-state index contributed by atoms with van der Waals surface area (Å²) in [6.45, 7) is -1.41. The molecule has 0 radical (unpaired) electrons. The van der Waals surface area contributed by atoms with E-state index in [0.717, 1.165) is 0 Å². The highest BCUT2D eigenvalue weighted by Crippen LogP contribution is 2.03. The molecule has 0 saturated heterocycles. The number of thiol groups is 1. The summed E-state index contributed by atoms with van der Waals surface area (Å²) in [7, 11) is 0. The highest BCUT2D eigenvalue weighted by atomic mass is 32.2. The normalized spacial score (nSPS) is 15.1. The number of hydrogen-bond donors (Lipinski definition) is 8. The minimum absolute atomic E-state index is 0.140. The molecule has 4 unspecified atom stereocenters. The minimum atomic E-state index is -1.39. The van der Waals surface area contributed by atoms with Crippen molar-refractivity contribution >= 4 is 48.1 Å². The second-order valence-electron chi connectivity index (χ2n) is 5.46. The molecule has 0 spiro atoms. The summed E-state index contributed by atoms with van der Waals surface area (Å²) in [6.07, 6.45) is 1.98. The van der Waals surface area contributed by atoms with Gasteiger partial charge in [-0.2, -0.15) is 24.4 Å². The summed E-state index contributed by atoms with van der Waals surface area (Å²) in [4.78, 5) is 47.3. The predicted molar refractivity (Wildman–Crippen MR) is 102 cm³/mol. The van der Waals surface area contributed by atoms with Crippen LogP contribution in [-0.4, -0.2) is 94.2 Å². The minimum Gasteiger partial charge on any atom is -0.480 e. The second-order valence-corrected chi connectivity index (χ2v) is 6.81. The van der Waals surface area contributed by atoms with Crippen LogP contribution in [0.5, 0.6) is 0 Å². The Morgan fingerprint density at radius 1 is 0.963 bits per heavy atom. The van der Waals surface area contributed by atoms with Gasteiger partial charge in [0.25, 0.3) is 0 Å². The molecule has 0 aromatic heterocycles. The standard InChI is InChI=1S/C14H26N4O7S2/c1-27-3-2-8(12(22)18-10(6-26)14(24)25)16-13(23)9(5-20)17-11(21)7(15)4-19/h7-10,19-20,26H,2-6,15H2,1H3,(H,16,23)(H,17,21)(H,18,22)(H,24,25). The number of thioether (sulfide) groups is 1. The number of aliphatic carboxylic acids is 1. The Hall–Kier alpha value is -1.54. The number of nitrogens with one attached hydrogen (secondary N) is 3. The Balaban J connectivity index is 5.07. The maximum atomic E-state index is 12.3. The van der Waals surface area contributed by atoms with Crippen molar-refractivity contribution in [1.82, 2.24) is 16.0 Å². The summed E-state index contributed by atoms with van der Waals surface area (Å²) in [6, 6.07) is -4.97. The molecule has 0 bridgehead atoms. The number of aliphatic hydroxyl groups excluding tert-OH is 2. The largest absolute Gasteiger partial charge is 0.480 e. The zero-order chi connectivity index (χ0) is 21.0. The quantitative estimate of drug-likeness (QED) is 0.138. The fraction of sp³-hybridized carbons (Fsp3) is 0.714. The van der Waals surface area contributed by atoms with Crippen LogP contribution in [0.4, 0.5) is 0 Å². The number of amides is 3. The van der Waals surface area contributed by atoms with E-state index in [2.05, 4.69) is 28.6 Å². The lowest BCUT2D eigenvalue weighted by Gasteiger charge is -2.23. The molecule has 0 fully saturated rings. The fourth-order valence-corrected chi connectivity index (χ4v) is 2.51. The van der Waals surface area contributed by atoms with Crippen molar-refractivity contribution in [1.29, 1.82) is 0 Å². The van der Waals surface area contributed by atoms with Crippen LogP contribution < -0.4 is 21.7 Å². The van der Waals surface area contributed by atoms with Gasteiger partial charge in [0.15, 0.2) is 0 Å². The number of carbonyl (C=O) groups excluding carboxylic acids is 3. The predicted octanol–water partition coefficient (Wildman–Crippen LogP) is -3.48. The van der Waals surface area contributed by atoms with Crippen molar-refractivity contribution in [3.05, 3.63) is 0 Å². The van der Waals surface area contributed by atoms with E-state index < -0.39 is 61.1 Å². The molecule has 13 heteroatoms. The van der Waals surface area contributed by atoms with Crippen molar-refractivity contribution in [2.24, 2.45) is 5.73 Å². The molecule has 8 N–H and O–H groups in total. The second kappa shape index (κ2) is 13.6. The first-order valence-electron chi connectivity index (χ1n) is 7.92. The van der Waals surface area contributed by atoms with Gasteiger partial charge in [-0.15, -0.1) is 0 Å². The van der Waals surface area contributed by atoms with Crippen LogP contribution >= 0.6 is 24.4 Å². The smallest absolute Gasteiger partial charge is 0.327 e. The number of carbonyl (C=O) groups is 4. The van der Waals surface area contributed by atoms with Crippen LogP contribution in [0.15, 0.2) is 0 Å².